The molecule has 136 valence electrons. The average Bonchev–Trinajstić information content (AvgIpc) is 3.13. The molecule has 1 atom stereocenters. The van der Waals surface area contributed by atoms with Gasteiger partial charge in [0.1, 0.15) is 11.8 Å². The highest BCUT2D eigenvalue weighted by Crippen LogP contribution is 2.29. The fraction of sp³-hybridized carbons (Fsp3) is 0.263. The maximum absolute atomic E-state index is 13.0. The summed E-state index contributed by atoms with van der Waals surface area (Å²) in [6.07, 6.45) is 1.33. The van der Waals surface area contributed by atoms with E-state index in [4.69, 9.17) is 27.9 Å². The number of rotatable bonds is 4. The van der Waals surface area contributed by atoms with E-state index in [2.05, 4.69) is 5.32 Å². The number of para-hydroxylation sites is 1. The van der Waals surface area contributed by atoms with Gasteiger partial charge in [0.05, 0.1) is 23.4 Å². The lowest BCUT2D eigenvalue weighted by Gasteiger charge is -2.25. The third-order valence-corrected chi connectivity index (χ3v) is 4.90. The van der Waals surface area contributed by atoms with Gasteiger partial charge in [-0.1, -0.05) is 35.3 Å². The summed E-state index contributed by atoms with van der Waals surface area (Å²) < 4.78 is 5.26. The molecule has 5 nitrogen and oxygen atoms in total. The van der Waals surface area contributed by atoms with Crippen LogP contribution in [0.5, 0.6) is 5.75 Å². The van der Waals surface area contributed by atoms with Crippen molar-refractivity contribution in [1.29, 1.82) is 0 Å². The maximum Gasteiger partial charge on any atom is 0.258 e. The summed E-state index contributed by atoms with van der Waals surface area (Å²) in [5, 5.41) is 3.69. The van der Waals surface area contributed by atoms with E-state index in [1.165, 1.54) is 7.11 Å². The number of ether oxygens (including phenoxy) is 1. The fourth-order valence-electron chi connectivity index (χ4n) is 3.06. The number of benzene rings is 2. The summed E-state index contributed by atoms with van der Waals surface area (Å²) in [6, 6.07) is 11.3. The summed E-state index contributed by atoms with van der Waals surface area (Å²) >= 11 is 12.1. The number of hydrogen-bond acceptors (Lipinski definition) is 3. The highest BCUT2D eigenvalue weighted by molar-refractivity contribution is 6.33. The molecule has 0 radical (unpaired) electrons. The van der Waals surface area contributed by atoms with Gasteiger partial charge in [-0.05, 0) is 43.2 Å². The van der Waals surface area contributed by atoms with Gasteiger partial charge < -0.3 is 15.0 Å². The highest BCUT2D eigenvalue weighted by Gasteiger charge is 2.35. The van der Waals surface area contributed by atoms with Gasteiger partial charge in [0.25, 0.3) is 5.91 Å². The normalized spacial score (nSPS) is 16.4. The van der Waals surface area contributed by atoms with Gasteiger partial charge in [-0.15, -0.1) is 0 Å². The first kappa shape index (κ1) is 18.5. The van der Waals surface area contributed by atoms with Gasteiger partial charge in [-0.2, -0.15) is 0 Å². The largest absolute Gasteiger partial charge is 0.496 e. The highest BCUT2D eigenvalue weighted by atomic mass is 35.5. The van der Waals surface area contributed by atoms with E-state index in [1.807, 2.05) is 0 Å². The predicted molar refractivity (Wildman–Crippen MR) is 102 cm³/mol. The molecule has 26 heavy (non-hydrogen) atoms. The zero-order chi connectivity index (χ0) is 18.7. The molecule has 1 fully saturated rings. The number of methoxy groups -OCH3 is 1. The van der Waals surface area contributed by atoms with Crippen LogP contribution in [0, 0.1) is 0 Å². The Balaban J connectivity index is 1.82. The summed E-state index contributed by atoms with van der Waals surface area (Å²) in [5.41, 5.74) is 0.872. The first-order valence-electron chi connectivity index (χ1n) is 8.21. The minimum Gasteiger partial charge on any atom is -0.496 e. The van der Waals surface area contributed by atoms with Crippen molar-refractivity contribution in [3.8, 4) is 5.75 Å². The number of hydrogen-bond donors (Lipinski definition) is 1. The van der Waals surface area contributed by atoms with Crippen LogP contribution < -0.4 is 10.1 Å². The Labute approximate surface area is 161 Å². The molecule has 1 aliphatic rings. The van der Waals surface area contributed by atoms with E-state index in [0.29, 0.717) is 40.0 Å². The molecule has 3 rings (SSSR count). The third-order valence-electron chi connectivity index (χ3n) is 4.34. The molecule has 0 saturated carbocycles. The molecular weight excluding hydrogens is 375 g/mol. The van der Waals surface area contributed by atoms with Crippen molar-refractivity contribution in [3.05, 3.63) is 58.1 Å². The molecule has 0 aliphatic carbocycles. The molecule has 7 heteroatoms. The molecule has 1 saturated heterocycles. The van der Waals surface area contributed by atoms with Crippen LogP contribution in [0.1, 0.15) is 23.2 Å². The summed E-state index contributed by atoms with van der Waals surface area (Å²) in [6.45, 7) is 0.495. The Bertz CT molecular complexity index is 841. The first-order valence-corrected chi connectivity index (χ1v) is 8.96. The molecule has 0 spiro atoms. The first-order chi connectivity index (χ1) is 12.5. The van der Waals surface area contributed by atoms with Crippen LogP contribution in [-0.2, 0) is 4.79 Å². The van der Waals surface area contributed by atoms with Gasteiger partial charge in [-0.25, -0.2) is 0 Å². The van der Waals surface area contributed by atoms with E-state index in [-0.39, 0.29) is 11.8 Å². The number of likely N-dealkylation sites (tertiary alicyclic amines) is 1. The lowest BCUT2D eigenvalue weighted by Crippen LogP contribution is -2.43. The fourth-order valence-corrected chi connectivity index (χ4v) is 3.42. The number of carbonyl (C=O) groups is 2. The smallest absolute Gasteiger partial charge is 0.258 e. The van der Waals surface area contributed by atoms with Crippen LogP contribution in [0.2, 0.25) is 10.0 Å². The Morgan fingerprint density at radius 1 is 1.19 bits per heavy atom. The van der Waals surface area contributed by atoms with Gasteiger partial charge in [0.15, 0.2) is 0 Å². The Kier molecular flexibility index (Phi) is 5.69. The number of nitrogens with one attached hydrogen (secondary N) is 1. The third kappa shape index (κ3) is 3.79. The number of carbonyl (C=O) groups excluding carboxylic acids is 2. The molecule has 2 aromatic carbocycles. The molecule has 2 aromatic rings. The van der Waals surface area contributed by atoms with Gasteiger partial charge in [0, 0.05) is 11.6 Å². The number of amides is 2. The SMILES string of the molecule is COc1ccc(Cl)cc1C(=O)N1CCC[C@H]1C(=O)Nc1ccccc1Cl. The lowest BCUT2D eigenvalue weighted by atomic mass is 10.1. The average molecular weight is 393 g/mol. The Morgan fingerprint density at radius 2 is 1.96 bits per heavy atom. The molecule has 0 unspecified atom stereocenters. The van der Waals surface area contributed by atoms with E-state index in [0.717, 1.165) is 6.42 Å². The van der Waals surface area contributed by atoms with Gasteiger partial charge >= 0.3 is 0 Å². The van der Waals surface area contributed by atoms with Crippen molar-refractivity contribution >= 4 is 40.7 Å². The molecule has 0 bridgehead atoms. The minimum absolute atomic E-state index is 0.259. The van der Waals surface area contributed by atoms with Crippen molar-refractivity contribution in [2.45, 2.75) is 18.9 Å². The topological polar surface area (TPSA) is 58.6 Å². The zero-order valence-electron chi connectivity index (χ0n) is 14.2. The van der Waals surface area contributed by atoms with E-state index < -0.39 is 6.04 Å². The molecule has 1 N–H and O–H groups in total. The number of nitrogens with zero attached hydrogens (tertiary/aromatic N) is 1. The van der Waals surface area contributed by atoms with E-state index in [9.17, 15) is 9.59 Å². The summed E-state index contributed by atoms with van der Waals surface area (Å²) in [5.74, 6) is -0.109. The van der Waals surface area contributed by atoms with Crippen molar-refractivity contribution < 1.29 is 14.3 Å². The van der Waals surface area contributed by atoms with Crippen LogP contribution in [0.3, 0.4) is 0 Å². The van der Waals surface area contributed by atoms with Crippen LogP contribution in [0.15, 0.2) is 42.5 Å². The second-order valence-electron chi connectivity index (χ2n) is 5.97. The second-order valence-corrected chi connectivity index (χ2v) is 6.81. The van der Waals surface area contributed by atoms with Crippen LogP contribution in [-0.4, -0.2) is 36.4 Å². The Morgan fingerprint density at radius 3 is 2.69 bits per heavy atom. The summed E-state index contributed by atoms with van der Waals surface area (Å²) in [4.78, 5) is 27.3. The van der Waals surface area contributed by atoms with Crippen LogP contribution in [0.25, 0.3) is 0 Å². The van der Waals surface area contributed by atoms with E-state index >= 15 is 0 Å². The second kappa shape index (κ2) is 7.98. The van der Waals surface area contributed by atoms with Crippen molar-refractivity contribution in [2.24, 2.45) is 0 Å². The maximum atomic E-state index is 13.0. The van der Waals surface area contributed by atoms with Crippen molar-refractivity contribution in [1.82, 2.24) is 4.90 Å². The molecule has 1 heterocycles. The zero-order valence-corrected chi connectivity index (χ0v) is 15.7. The molecule has 1 aliphatic heterocycles. The predicted octanol–water partition coefficient (Wildman–Crippen LogP) is 4.25. The molecule has 0 aromatic heterocycles. The molecular formula is C19H18Cl2N2O3. The van der Waals surface area contributed by atoms with Gasteiger partial charge in [-0.3, -0.25) is 9.59 Å². The van der Waals surface area contributed by atoms with Crippen molar-refractivity contribution in [2.75, 3.05) is 19.0 Å². The van der Waals surface area contributed by atoms with Gasteiger partial charge in [0.2, 0.25) is 5.91 Å². The van der Waals surface area contributed by atoms with Crippen molar-refractivity contribution in [3.63, 3.8) is 0 Å². The minimum atomic E-state index is -0.567. The quantitative estimate of drug-likeness (QED) is 0.845. The monoisotopic (exact) mass is 392 g/mol. The summed E-state index contributed by atoms with van der Waals surface area (Å²) in [7, 11) is 1.49. The van der Waals surface area contributed by atoms with Crippen LogP contribution in [0.4, 0.5) is 5.69 Å². The molecule has 2 amide bonds. The van der Waals surface area contributed by atoms with E-state index in [1.54, 1.807) is 47.4 Å². The number of halogens is 2. The number of anilines is 1. The van der Waals surface area contributed by atoms with Crippen LogP contribution >= 0.6 is 23.2 Å². The lowest BCUT2D eigenvalue weighted by molar-refractivity contribution is -0.119. The standard InChI is InChI=1S/C19H18Cl2N2O3/c1-26-17-9-8-12(20)11-13(17)19(25)23-10-4-7-16(23)18(24)22-15-6-3-2-5-14(15)21/h2-3,5-6,8-9,11,16H,4,7,10H2,1H3,(H,22,24)/t16-/m0/s1. The Hall–Kier alpha value is -2.24.